The van der Waals surface area contributed by atoms with Crippen LogP contribution in [-0.2, 0) is 20.9 Å². The number of benzene rings is 6. The van der Waals surface area contributed by atoms with Crippen LogP contribution in [0.15, 0.2) is 132 Å². The fourth-order valence-corrected chi connectivity index (χ4v) is 32.1. The first-order valence-electron chi connectivity index (χ1n) is 19.0. The molecule has 2 atom stereocenters. The Hall–Kier alpha value is -3.00. The average molecular weight is 818 g/mol. The molecule has 8 rings (SSSR count). The second kappa shape index (κ2) is 18.4. The summed E-state index contributed by atoms with van der Waals surface area (Å²) in [6, 6.07) is 47.0. The Labute approximate surface area is 334 Å². The first-order valence-corrected chi connectivity index (χ1v) is 28.8. The zero-order valence-corrected chi connectivity index (χ0v) is 36.7. The van der Waals surface area contributed by atoms with E-state index in [0.29, 0.717) is 7.25 Å². The molecule has 2 aliphatic rings. The van der Waals surface area contributed by atoms with Gasteiger partial charge in [0.25, 0.3) is 0 Å². The molecule has 0 amide bonds. The van der Waals surface area contributed by atoms with E-state index in [0.717, 1.165) is 0 Å². The summed E-state index contributed by atoms with van der Waals surface area (Å²) < 4.78 is 1.32. The van der Waals surface area contributed by atoms with E-state index in [-0.39, 0.29) is 31.5 Å². The van der Waals surface area contributed by atoms with Crippen LogP contribution in [0.3, 0.4) is 0 Å². The van der Waals surface area contributed by atoms with Crippen molar-refractivity contribution in [1.29, 1.82) is 0 Å². The van der Waals surface area contributed by atoms with Gasteiger partial charge < -0.3 is 24.8 Å². The summed E-state index contributed by atoms with van der Waals surface area (Å²) in [5.74, 6) is 0. The molecule has 6 aromatic rings. The second-order valence-corrected chi connectivity index (χ2v) is 30.0. The van der Waals surface area contributed by atoms with Crippen LogP contribution >= 0.6 is 0 Å². The molecule has 0 aromatic heterocycles. The van der Waals surface area contributed by atoms with Gasteiger partial charge in [-0.05, 0) is 0 Å². The zero-order valence-electron chi connectivity index (χ0n) is 31.4. The van der Waals surface area contributed by atoms with Crippen LogP contribution in [0, 0.1) is 0 Å². The average Bonchev–Trinajstić information content (AvgIpc) is 3.68. The van der Waals surface area contributed by atoms with Gasteiger partial charge in [0.1, 0.15) is 0 Å². The molecule has 6 aromatic carbocycles. The number of unbranched alkanes of at least 4 members (excludes halogenated alkanes) is 3. The van der Waals surface area contributed by atoms with Crippen molar-refractivity contribution in [2.24, 2.45) is 0 Å². The van der Waals surface area contributed by atoms with Gasteiger partial charge in [-0.15, -0.1) is 0 Å². The quantitative estimate of drug-likeness (QED) is 0.104. The SMILES string of the molecule is CCCCCC.CC[SiH2][Zr+2]([CH]1C(C)=Cc2c(-c3cccc4ccccc34)cccc21)[CH]1C(C)=Cc2c(-c3cccc4ccccc34)cccc21.[Cl-].[Cl-]. The number of hydrogen-bond acceptors (Lipinski definition) is 0. The third kappa shape index (κ3) is 7.79. The molecule has 0 bridgehead atoms. The maximum Gasteiger partial charge on any atom is -1.00 e. The Kier molecular flexibility index (Phi) is 14.2. The Morgan fingerprint density at radius 3 is 1.29 bits per heavy atom. The molecule has 0 N–H and O–H groups in total. The van der Waals surface area contributed by atoms with Crippen LogP contribution in [0.4, 0.5) is 0 Å². The van der Waals surface area contributed by atoms with E-state index in [1.807, 2.05) is 0 Å². The number of allylic oxidation sites excluding steroid dienone is 2. The molecule has 0 nitrogen and oxygen atoms in total. The maximum atomic E-state index is 2.57. The van der Waals surface area contributed by atoms with Gasteiger partial charge in [-0.1, -0.05) is 39.5 Å². The fraction of sp³-hybridized carbons (Fsp3) is 0.250. The molecule has 0 heterocycles. The van der Waals surface area contributed by atoms with E-state index in [9.17, 15) is 0 Å². The zero-order chi connectivity index (χ0) is 34.6. The van der Waals surface area contributed by atoms with Crippen molar-refractivity contribution in [3.05, 3.63) is 155 Å². The summed E-state index contributed by atoms with van der Waals surface area (Å²) in [5.41, 5.74) is 15.0. The van der Waals surface area contributed by atoms with Crippen LogP contribution < -0.4 is 24.8 Å². The van der Waals surface area contributed by atoms with E-state index in [1.54, 1.807) is 22.3 Å². The maximum absolute atomic E-state index is 2.57. The van der Waals surface area contributed by atoms with Crippen molar-refractivity contribution < 1.29 is 45.7 Å². The van der Waals surface area contributed by atoms with Crippen molar-refractivity contribution in [2.45, 2.75) is 73.6 Å². The second-order valence-electron chi connectivity index (χ2n) is 14.3. The first-order chi connectivity index (χ1) is 24.5. The molecule has 0 saturated carbocycles. The molecule has 2 aliphatic carbocycles. The van der Waals surface area contributed by atoms with Gasteiger partial charge in [-0.3, -0.25) is 0 Å². The van der Waals surface area contributed by atoms with Crippen LogP contribution in [-0.4, -0.2) is 6.65 Å². The molecule has 0 spiro atoms. The van der Waals surface area contributed by atoms with Gasteiger partial charge in [0.05, 0.1) is 0 Å². The van der Waals surface area contributed by atoms with Gasteiger partial charge in [0.2, 0.25) is 0 Å². The molecule has 265 valence electrons. The van der Waals surface area contributed by atoms with Gasteiger partial charge in [0.15, 0.2) is 0 Å². The summed E-state index contributed by atoms with van der Waals surface area (Å²) in [6.07, 6.45) is 10.7. The molecule has 4 heteroatoms. The van der Waals surface area contributed by atoms with Gasteiger partial charge >= 0.3 is 272 Å². The van der Waals surface area contributed by atoms with E-state index in [2.05, 4.69) is 168 Å². The molecular formula is C48H51Cl2SiZr. The molecule has 52 heavy (non-hydrogen) atoms. The Balaban J connectivity index is 0.000000605. The molecule has 0 fully saturated rings. The van der Waals surface area contributed by atoms with Crippen molar-refractivity contribution in [2.75, 3.05) is 0 Å². The van der Waals surface area contributed by atoms with Crippen molar-refractivity contribution in [1.82, 2.24) is 0 Å². The minimum atomic E-state index is -2.04. The number of fused-ring (bicyclic) bond motifs is 4. The van der Waals surface area contributed by atoms with Crippen LogP contribution in [0.5, 0.6) is 0 Å². The largest absolute Gasteiger partial charge is 1.00 e. The molecule has 0 radical (unpaired) electrons. The Morgan fingerprint density at radius 2 is 0.865 bits per heavy atom. The van der Waals surface area contributed by atoms with Gasteiger partial charge in [-0.25, -0.2) is 0 Å². The monoisotopic (exact) mass is 815 g/mol. The van der Waals surface area contributed by atoms with Gasteiger partial charge in [-0.2, -0.15) is 0 Å². The third-order valence-electron chi connectivity index (χ3n) is 11.0. The molecular weight excluding hydrogens is 767 g/mol. The number of halogens is 2. The minimum Gasteiger partial charge on any atom is -1.00 e. The Bertz CT molecular complexity index is 2050. The summed E-state index contributed by atoms with van der Waals surface area (Å²) in [6.45, 7) is 11.7. The fourth-order valence-electron chi connectivity index (χ4n) is 8.72. The molecule has 0 aliphatic heterocycles. The van der Waals surface area contributed by atoms with Crippen molar-refractivity contribution in [3.8, 4) is 22.3 Å². The van der Waals surface area contributed by atoms with Crippen LogP contribution in [0.2, 0.25) is 6.04 Å². The third-order valence-corrected chi connectivity index (χ3v) is 32.2. The minimum absolute atomic E-state index is 0. The smallest absolute Gasteiger partial charge is 1.00 e. The summed E-state index contributed by atoms with van der Waals surface area (Å²) in [5, 5.41) is 5.34. The van der Waals surface area contributed by atoms with Crippen LogP contribution in [0.25, 0.3) is 56.0 Å². The predicted octanol–water partition coefficient (Wildman–Crippen LogP) is 7.68. The number of rotatable bonds is 9. The van der Waals surface area contributed by atoms with Crippen molar-refractivity contribution >= 4 is 40.3 Å². The van der Waals surface area contributed by atoms with E-state index in [4.69, 9.17) is 0 Å². The normalized spacial score (nSPS) is 15.6. The van der Waals surface area contributed by atoms with E-state index in [1.165, 1.54) is 86.7 Å². The van der Waals surface area contributed by atoms with Crippen LogP contribution in [0.1, 0.15) is 89.8 Å². The van der Waals surface area contributed by atoms with Gasteiger partial charge in [0, 0.05) is 0 Å². The van der Waals surface area contributed by atoms with E-state index >= 15 is 0 Å². The van der Waals surface area contributed by atoms with Crippen molar-refractivity contribution in [3.63, 3.8) is 0 Å². The first kappa shape index (κ1) is 40.2. The number of hydrogen-bond donors (Lipinski definition) is 0. The summed E-state index contributed by atoms with van der Waals surface area (Å²) in [7, 11) is 0. The molecule has 0 saturated heterocycles. The molecule has 2 unspecified atom stereocenters. The standard InChI is InChI=1S/2C20H15.C6H14.C2H7Si.2ClH.Zr/c2*1-14-12-16-8-5-11-19(20(16)13-14)18-10-4-7-15-6-2-3-9-17(15)18;1-3-5-6-4-2;1-2-3;;;/h2*2-13H,1H3;3-6H2,1-2H3;2-3H2,1H3;2*1H;/q;;;;;;+2/p-2. The Morgan fingerprint density at radius 1 is 0.481 bits per heavy atom. The topological polar surface area (TPSA) is 0 Å². The predicted molar refractivity (Wildman–Crippen MR) is 220 cm³/mol. The summed E-state index contributed by atoms with van der Waals surface area (Å²) >= 11 is -2.04. The van der Waals surface area contributed by atoms with E-state index < -0.39 is 20.9 Å². The summed E-state index contributed by atoms with van der Waals surface area (Å²) in [4.78, 5) is 0.